The second-order valence-electron chi connectivity index (χ2n) is 6.11. The molecule has 0 bridgehead atoms. The van der Waals surface area contributed by atoms with E-state index in [9.17, 15) is 22.4 Å². The average molecular weight is 412 g/mol. The standard InChI is InChI=1S/C19H14ClF4N3O/c1-11-7-13(15(21)8-14(11)20)12-5-3-4-6-16(12)27(10-28)17-9-26(2)25-18(17)19(22,23)24/h3-10H,1-2H3. The van der Waals surface area contributed by atoms with Crippen molar-refractivity contribution in [1.29, 1.82) is 0 Å². The van der Waals surface area contributed by atoms with Crippen LogP contribution >= 0.6 is 11.6 Å². The first-order chi connectivity index (χ1) is 13.1. The largest absolute Gasteiger partial charge is 0.437 e. The fraction of sp³-hybridized carbons (Fsp3) is 0.158. The van der Waals surface area contributed by atoms with Crippen molar-refractivity contribution in [3.8, 4) is 11.1 Å². The summed E-state index contributed by atoms with van der Waals surface area (Å²) in [6.07, 6.45) is -3.45. The van der Waals surface area contributed by atoms with E-state index in [0.717, 1.165) is 21.8 Å². The molecular weight excluding hydrogens is 398 g/mol. The molecule has 9 heteroatoms. The van der Waals surface area contributed by atoms with Gasteiger partial charge in [-0.25, -0.2) is 4.39 Å². The minimum absolute atomic E-state index is 0.0802. The van der Waals surface area contributed by atoms with E-state index in [2.05, 4.69) is 5.10 Å². The van der Waals surface area contributed by atoms with Gasteiger partial charge in [0.15, 0.2) is 5.69 Å². The Morgan fingerprint density at radius 2 is 1.82 bits per heavy atom. The number of aromatic nitrogens is 2. The molecule has 0 atom stereocenters. The molecule has 2 aromatic carbocycles. The molecule has 28 heavy (non-hydrogen) atoms. The minimum Gasteiger partial charge on any atom is -0.279 e. The third-order valence-electron chi connectivity index (χ3n) is 4.14. The quantitative estimate of drug-likeness (QED) is 0.420. The first kappa shape index (κ1) is 19.9. The predicted octanol–water partition coefficient (Wildman–Crippen LogP) is 5.50. The summed E-state index contributed by atoms with van der Waals surface area (Å²) in [6, 6.07) is 8.69. The maximum atomic E-state index is 14.6. The summed E-state index contributed by atoms with van der Waals surface area (Å²) in [5.74, 6) is -0.656. The van der Waals surface area contributed by atoms with Gasteiger partial charge in [-0.3, -0.25) is 14.4 Å². The fourth-order valence-electron chi connectivity index (χ4n) is 2.87. The van der Waals surface area contributed by atoms with Gasteiger partial charge in [-0.05, 0) is 30.7 Å². The minimum atomic E-state index is -4.77. The van der Waals surface area contributed by atoms with Gasteiger partial charge in [-0.1, -0.05) is 29.8 Å². The molecule has 0 saturated heterocycles. The molecule has 0 N–H and O–H groups in total. The van der Waals surface area contributed by atoms with Crippen molar-refractivity contribution in [1.82, 2.24) is 9.78 Å². The van der Waals surface area contributed by atoms with E-state index in [1.807, 2.05) is 0 Å². The molecule has 0 aliphatic carbocycles. The van der Waals surface area contributed by atoms with E-state index in [1.165, 1.54) is 25.2 Å². The summed E-state index contributed by atoms with van der Waals surface area (Å²) in [5.41, 5.74) is -0.654. The van der Waals surface area contributed by atoms with Crippen LogP contribution in [0.5, 0.6) is 0 Å². The van der Waals surface area contributed by atoms with Gasteiger partial charge in [0.25, 0.3) is 0 Å². The van der Waals surface area contributed by atoms with Gasteiger partial charge in [0.1, 0.15) is 5.82 Å². The SMILES string of the molecule is Cc1cc(-c2ccccc2N(C=O)c2cn(C)nc2C(F)(F)F)c(F)cc1Cl. The van der Waals surface area contributed by atoms with Crippen molar-refractivity contribution in [3.05, 3.63) is 64.7 Å². The van der Waals surface area contributed by atoms with Crippen LogP contribution in [0.2, 0.25) is 5.02 Å². The van der Waals surface area contributed by atoms with E-state index in [4.69, 9.17) is 11.6 Å². The van der Waals surface area contributed by atoms with Crippen LogP contribution < -0.4 is 4.90 Å². The zero-order chi connectivity index (χ0) is 20.6. The van der Waals surface area contributed by atoms with E-state index < -0.39 is 23.4 Å². The molecule has 0 fully saturated rings. The first-order valence-corrected chi connectivity index (χ1v) is 8.41. The molecule has 3 aromatic rings. The second-order valence-corrected chi connectivity index (χ2v) is 6.52. The van der Waals surface area contributed by atoms with Crippen molar-refractivity contribution in [2.24, 2.45) is 7.05 Å². The monoisotopic (exact) mass is 411 g/mol. The molecule has 0 saturated carbocycles. The van der Waals surface area contributed by atoms with E-state index in [0.29, 0.717) is 5.56 Å². The molecule has 4 nitrogen and oxygen atoms in total. The lowest BCUT2D eigenvalue weighted by atomic mass is 10.00. The molecule has 146 valence electrons. The number of halogens is 5. The second kappa shape index (κ2) is 7.27. The number of benzene rings is 2. The van der Waals surface area contributed by atoms with Crippen molar-refractivity contribution in [2.75, 3.05) is 4.90 Å². The highest BCUT2D eigenvalue weighted by molar-refractivity contribution is 6.31. The molecule has 3 rings (SSSR count). The maximum Gasteiger partial charge on any atom is 0.437 e. The molecule has 0 spiro atoms. The zero-order valence-corrected chi connectivity index (χ0v) is 15.5. The number of carbonyl (C=O) groups excluding carboxylic acids is 1. The first-order valence-electron chi connectivity index (χ1n) is 8.04. The molecule has 1 heterocycles. The topological polar surface area (TPSA) is 38.1 Å². The Hall–Kier alpha value is -2.87. The Labute approximate surface area is 162 Å². The Kier molecular flexibility index (Phi) is 5.16. The summed E-state index contributed by atoms with van der Waals surface area (Å²) in [4.78, 5) is 12.6. The van der Waals surface area contributed by atoms with Crippen LogP contribution in [0.1, 0.15) is 11.3 Å². The maximum absolute atomic E-state index is 14.6. The van der Waals surface area contributed by atoms with E-state index in [-0.39, 0.29) is 28.2 Å². The molecule has 0 aliphatic heterocycles. The number of amides is 1. The molecule has 1 amide bonds. The van der Waals surface area contributed by atoms with Gasteiger partial charge in [-0.15, -0.1) is 0 Å². The Morgan fingerprint density at radius 1 is 1.14 bits per heavy atom. The van der Waals surface area contributed by atoms with E-state index >= 15 is 0 Å². The summed E-state index contributed by atoms with van der Waals surface area (Å²) >= 11 is 5.93. The van der Waals surface area contributed by atoms with Crippen molar-refractivity contribution in [2.45, 2.75) is 13.1 Å². The fourth-order valence-corrected chi connectivity index (χ4v) is 3.02. The van der Waals surface area contributed by atoms with Crippen molar-refractivity contribution < 1.29 is 22.4 Å². The highest BCUT2D eigenvalue weighted by atomic mass is 35.5. The lowest BCUT2D eigenvalue weighted by molar-refractivity contribution is -0.140. The lowest BCUT2D eigenvalue weighted by Gasteiger charge is -2.21. The number of carbonyl (C=O) groups is 1. The van der Waals surface area contributed by atoms with Gasteiger partial charge < -0.3 is 0 Å². The van der Waals surface area contributed by atoms with Crippen LogP contribution in [0.4, 0.5) is 28.9 Å². The highest BCUT2D eigenvalue weighted by Gasteiger charge is 2.39. The number of alkyl halides is 3. The van der Waals surface area contributed by atoms with Crippen LogP contribution in [0.3, 0.4) is 0 Å². The van der Waals surface area contributed by atoms with Gasteiger partial charge in [0, 0.05) is 29.4 Å². The van der Waals surface area contributed by atoms with Crippen LogP contribution in [-0.2, 0) is 18.0 Å². The molecular formula is C19H14ClF4N3O. The predicted molar refractivity (Wildman–Crippen MR) is 98.0 cm³/mol. The third-order valence-corrected chi connectivity index (χ3v) is 4.55. The summed E-state index contributed by atoms with van der Waals surface area (Å²) in [7, 11) is 1.32. The number of rotatable bonds is 4. The Morgan fingerprint density at radius 3 is 2.46 bits per heavy atom. The number of para-hydroxylation sites is 1. The van der Waals surface area contributed by atoms with Gasteiger partial charge in [0.05, 0.1) is 11.4 Å². The Bertz CT molecular complexity index is 1050. The molecule has 0 unspecified atom stereocenters. The number of anilines is 2. The summed E-state index contributed by atoms with van der Waals surface area (Å²) in [6.45, 7) is 1.67. The van der Waals surface area contributed by atoms with Gasteiger partial charge in [0.2, 0.25) is 6.41 Å². The molecule has 0 aliphatic rings. The summed E-state index contributed by atoms with van der Waals surface area (Å²) < 4.78 is 55.6. The van der Waals surface area contributed by atoms with Crippen LogP contribution in [-0.4, -0.2) is 16.2 Å². The number of hydrogen-bond acceptors (Lipinski definition) is 2. The summed E-state index contributed by atoms with van der Waals surface area (Å²) in [5, 5.41) is 3.64. The van der Waals surface area contributed by atoms with Crippen molar-refractivity contribution >= 4 is 29.4 Å². The number of hydrogen-bond donors (Lipinski definition) is 0. The van der Waals surface area contributed by atoms with Crippen molar-refractivity contribution in [3.63, 3.8) is 0 Å². The average Bonchev–Trinajstić information content (AvgIpc) is 3.01. The van der Waals surface area contributed by atoms with Gasteiger partial charge in [-0.2, -0.15) is 18.3 Å². The normalized spacial score (nSPS) is 11.5. The highest BCUT2D eigenvalue weighted by Crippen LogP contribution is 2.41. The van der Waals surface area contributed by atoms with Crippen LogP contribution in [0, 0.1) is 12.7 Å². The van der Waals surface area contributed by atoms with Gasteiger partial charge >= 0.3 is 6.18 Å². The Balaban J connectivity index is 2.23. The number of aryl methyl sites for hydroxylation is 2. The molecule has 0 radical (unpaired) electrons. The third kappa shape index (κ3) is 3.60. The lowest BCUT2D eigenvalue weighted by Crippen LogP contribution is -2.19. The zero-order valence-electron chi connectivity index (χ0n) is 14.8. The number of nitrogens with zero attached hydrogens (tertiary/aromatic N) is 3. The van der Waals surface area contributed by atoms with E-state index in [1.54, 1.807) is 19.1 Å². The van der Waals surface area contributed by atoms with Crippen LogP contribution in [0.25, 0.3) is 11.1 Å². The smallest absolute Gasteiger partial charge is 0.279 e. The molecule has 1 aromatic heterocycles. The van der Waals surface area contributed by atoms with Crippen LogP contribution in [0.15, 0.2) is 42.6 Å².